The van der Waals surface area contributed by atoms with Crippen molar-refractivity contribution < 1.29 is 13.2 Å². The van der Waals surface area contributed by atoms with Gasteiger partial charge in [0, 0.05) is 19.1 Å². The van der Waals surface area contributed by atoms with Gasteiger partial charge in [-0.1, -0.05) is 12.8 Å². The highest BCUT2D eigenvalue weighted by Gasteiger charge is 2.37. The van der Waals surface area contributed by atoms with E-state index in [1.165, 1.54) is 25.7 Å². The molecule has 3 N–H and O–H groups in total. The van der Waals surface area contributed by atoms with Gasteiger partial charge in [0.05, 0.1) is 11.8 Å². The lowest BCUT2D eigenvalue weighted by molar-refractivity contribution is -0.122. The largest absolute Gasteiger partial charge is 0.355 e. The smallest absolute Gasteiger partial charge is 0.237 e. The van der Waals surface area contributed by atoms with Crippen molar-refractivity contribution in [1.82, 2.24) is 15.4 Å². The molecule has 0 aromatic carbocycles. The Morgan fingerprint density at radius 3 is 2.64 bits per heavy atom. The molecule has 0 aromatic heterocycles. The molecular formula is C14H28ClN3O3S. The van der Waals surface area contributed by atoms with Crippen LogP contribution in [0.15, 0.2) is 0 Å². The van der Waals surface area contributed by atoms with Crippen molar-refractivity contribution in [2.24, 2.45) is 5.92 Å². The van der Waals surface area contributed by atoms with E-state index in [0.29, 0.717) is 31.5 Å². The average Bonchev–Trinajstić information content (AvgIpc) is 2.90. The van der Waals surface area contributed by atoms with Gasteiger partial charge in [0.2, 0.25) is 15.9 Å². The van der Waals surface area contributed by atoms with Gasteiger partial charge in [-0.25, -0.2) is 13.1 Å². The van der Waals surface area contributed by atoms with Crippen LogP contribution >= 0.6 is 12.4 Å². The first-order valence-corrected chi connectivity index (χ1v) is 9.68. The molecule has 22 heavy (non-hydrogen) atoms. The number of hydrogen-bond acceptors (Lipinski definition) is 4. The summed E-state index contributed by atoms with van der Waals surface area (Å²) in [6.07, 6.45) is 6.53. The van der Waals surface area contributed by atoms with E-state index in [0.717, 1.165) is 6.42 Å². The van der Waals surface area contributed by atoms with E-state index in [2.05, 4.69) is 15.4 Å². The van der Waals surface area contributed by atoms with Crippen LogP contribution in [-0.4, -0.2) is 45.3 Å². The van der Waals surface area contributed by atoms with Crippen LogP contribution in [0.25, 0.3) is 0 Å². The van der Waals surface area contributed by atoms with E-state index in [9.17, 15) is 13.2 Å². The van der Waals surface area contributed by atoms with E-state index in [-0.39, 0.29) is 30.1 Å². The minimum Gasteiger partial charge on any atom is -0.355 e. The van der Waals surface area contributed by atoms with Crippen LogP contribution < -0.4 is 15.4 Å². The molecule has 130 valence electrons. The minimum atomic E-state index is -3.13. The summed E-state index contributed by atoms with van der Waals surface area (Å²) in [5.74, 6) is 0.808. The number of hydrogen-bond donors (Lipinski definition) is 3. The molecule has 6 nitrogen and oxygen atoms in total. The monoisotopic (exact) mass is 353 g/mol. The van der Waals surface area contributed by atoms with Gasteiger partial charge in [0.25, 0.3) is 0 Å². The second-order valence-electron chi connectivity index (χ2n) is 6.05. The van der Waals surface area contributed by atoms with Gasteiger partial charge in [0.1, 0.15) is 0 Å². The third-order valence-corrected chi connectivity index (χ3v) is 5.94. The molecule has 3 unspecified atom stereocenters. The highest BCUT2D eigenvalue weighted by molar-refractivity contribution is 7.89. The summed E-state index contributed by atoms with van der Waals surface area (Å²) in [5.41, 5.74) is 0. The van der Waals surface area contributed by atoms with E-state index < -0.39 is 10.0 Å². The molecule has 8 heteroatoms. The molecule has 1 aliphatic carbocycles. The standard InChI is InChI=1S/C14H27N3O3S.ClH/c1-2-21(19,20)16-9-5-8-15-14(18)13-10-11-6-3-4-7-12(11)17-13;/h11-13,16-17H,2-10H2,1H3,(H,15,18);1H. The first-order chi connectivity index (χ1) is 10.0. The number of halogens is 1. The fraction of sp³-hybridized carbons (Fsp3) is 0.929. The second-order valence-corrected chi connectivity index (χ2v) is 8.14. The van der Waals surface area contributed by atoms with Crippen LogP contribution in [0.2, 0.25) is 0 Å². The zero-order valence-electron chi connectivity index (χ0n) is 13.1. The predicted octanol–water partition coefficient (Wildman–Crippen LogP) is 0.775. The van der Waals surface area contributed by atoms with Crippen LogP contribution in [-0.2, 0) is 14.8 Å². The van der Waals surface area contributed by atoms with E-state index in [1.807, 2.05) is 0 Å². The van der Waals surface area contributed by atoms with Gasteiger partial charge in [-0.2, -0.15) is 0 Å². The van der Waals surface area contributed by atoms with Crippen molar-refractivity contribution in [3.63, 3.8) is 0 Å². The number of nitrogens with one attached hydrogen (secondary N) is 3. The zero-order valence-corrected chi connectivity index (χ0v) is 14.8. The summed E-state index contributed by atoms with van der Waals surface area (Å²) in [6.45, 7) is 2.49. The molecule has 1 saturated heterocycles. The Kier molecular flexibility index (Phi) is 8.10. The first-order valence-electron chi connectivity index (χ1n) is 8.03. The van der Waals surface area contributed by atoms with Gasteiger partial charge >= 0.3 is 0 Å². The highest BCUT2D eigenvalue weighted by atomic mass is 35.5. The van der Waals surface area contributed by atoms with Gasteiger partial charge < -0.3 is 10.6 Å². The Balaban J connectivity index is 0.00000242. The maximum atomic E-state index is 12.1. The maximum Gasteiger partial charge on any atom is 0.237 e. The van der Waals surface area contributed by atoms with Crippen LogP contribution in [0.1, 0.15) is 45.4 Å². The number of amides is 1. The minimum absolute atomic E-state index is 0. The number of carbonyl (C=O) groups is 1. The van der Waals surface area contributed by atoms with Crippen molar-refractivity contribution in [1.29, 1.82) is 0 Å². The summed E-state index contributed by atoms with van der Waals surface area (Å²) in [5, 5.41) is 6.35. The van der Waals surface area contributed by atoms with Gasteiger partial charge in [-0.3, -0.25) is 4.79 Å². The Labute approximate surface area is 139 Å². The summed E-state index contributed by atoms with van der Waals surface area (Å²) < 4.78 is 25.0. The van der Waals surface area contributed by atoms with Crippen molar-refractivity contribution in [2.75, 3.05) is 18.8 Å². The molecule has 0 aromatic rings. The number of carbonyl (C=O) groups excluding carboxylic acids is 1. The SMILES string of the molecule is CCS(=O)(=O)NCCCNC(=O)C1CC2CCCCC2N1.Cl. The van der Waals surface area contributed by atoms with Gasteiger partial charge in [0.15, 0.2) is 0 Å². The van der Waals surface area contributed by atoms with E-state index >= 15 is 0 Å². The van der Waals surface area contributed by atoms with Crippen molar-refractivity contribution >= 4 is 28.3 Å². The zero-order chi connectivity index (χ0) is 15.3. The Morgan fingerprint density at radius 1 is 1.23 bits per heavy atom. The molecule has 0 bridgehead atoms. The quantitative estimate of drug-likeness (QED) is 0.590. The molecule has 1 amide bonds. The number of fused-ring (bicyclic) bond motifs is 1. The van der Waals surface area contributed by atoms with Crippen LogP contribution in [0.4, 0.5) is 0 Å². The molecule has 2 fully saturated rings. The average molecular weight is 354 g/mol. The fourth-order valence-electron chi connectivity index (χ4n) is 3.27. The number of rotatable bonds is 7. The number of sulfonamides is 1. The van der Waals surface area contributed by atoms with Crippen LogP contribution in [0, 0.1) is 5.92 Å². The molecule has 1 heterocycles. The van der Waals surface area contributed by atoms with E-state index in [4.69, 9.17) is 0 Å². The first kappa shape index (κ1) is 19.7. The van der Waals surface area contributed by atoms with Crippen LogP contribution in [0.3, 0.4) is 0 Å². The highest BCUT2D eigenvalue weighted by Crippen LogP contribution is 2.33. The summed E-state index contributed by atoms with van der Waals surface area (Å²) in [4.78, 5) is 12.1. The molecule has 3 atom stereocenters. The lowest BCUT2D eigenvalue weighted by Crippen LogP contribution is -2.43. The van der Waals surface area contributed by atoms with Crippen molar-refractivity contribution in [2.45, 2.75) is 57.5 Å². The molecule has 1 saturated carbocycles. The molecule has 0 radical (unpaired) electrons. The third kappa shape index (κ3) is 5.68. The summed E-state index contributed by atoms with van der Waals surface area (Å²) in [7, 11) is -3.13. The lowest BCUT2D eigenvalue weighted by Gasteiger charge is -2.24. The lowest BCUT2D eigenvalue weighted by atomic mass is 9.85. The summed E-state index contributed by atoms with van der Waals surface area (Å²) >= 11 is 0. The predicted molar refractivity (Wildman–Crippen MR) is 89.6 cm³/mol. The second kappa shape index (κ2) is 9.05. The van der Waals surface area contributed by atoms with Crippen LogP contribution in [0.5, 0.6) is 0 Å². The van der Waals surface area contributed by atoms with E-state index in [1.54, 1.807) is 6.92 Å². The van der Waals surface area contributed by atoms with Gasteiger partial charge in [-0.05, 0) is 38.5 Å². The maximum absolute atomic E-state index is 12.1. The molecule has 2 rings (SSSR count). The topological polar surface area (TPSA) is 87.3 Å². The normalized spacial score (nSPS) is 27.8. The Bertz CT molecular complexity index is 444. The molecule has 1 aliphatic heterocycles. The Morgan fingerprint density at radius 2 is 1.95 bits per heavy atom. The molecule has 2 aliphatic rings. The van der Waals surface area contributed by atoms with Crippen molar-refractivity contribution in [3.05, 3.63) is 0 Å². The molecular weight excluding hydrogens is 326 g/mol. The Hall–Kier alpha value is -0.370. The molecule has 0 spiro atoms. The third-order valence-electron chi connectivity index (χ3n) is 4.53. The van der Waals surface area contributed by atoms with Gasteiger partial charge in [-0.15, -0.1) is 12.4 Å². The summed E-state index contributed by atoms with van der Waals surface area (Å²) in [6, 6.07) is 0.455. The fourth-order valence-corrected chi connectivity index (χ4v) is 3.93. The van der Waals surface area contributed by atoms with Crippen molar-refractivity contribution in [3.8, 4) is 0 Å².